The molecule has 1 aromatic carbocycles. The summed E-state index contributed by atoms with van der Waals surface area (Å²) in [5.41, 5.74) is 4.68. The third-order valence-corrected chi connectivity index (χ3v) is 5.07. The summed E-state index contributed by atoms with van der Waals surface area (Å²) >= 11 is 0. The van der Waals surface area contributed by atoms with Gasteiger partial charge in [0.15, 0.2) is 0 Å². The number of nitrogens with one attached hydrogen (secondary N) is 1. The number of rotatable bonds is 1. The fourth-order valence-corrected chi connectivity index (χ4v) is 4.52. The summed E-state index contributed by atoms with van der Waals surface area (Å²) in [4.78, 5) is 2.63. The molecule has 3 rings (SSSR count). The molecule has 0 atom stereocenters. The lowest BCUT2D eigenvalue weighted by molar-refractivity contribution is 0.146. The number of nitrogens with zero attached hydrogens (tertiary/aromatic N) is 1. The first kappa shape index (κ1) is 14.9. The SMILES string of the molecule is Cc1cc(C)cc(N2CC(C)(C)NC3(CCCCC3)C2)c1. The molecule has 1 heterocycles. The van der Waals surface area contributed by atoms with Gasteiger partial charge in [-0.1, -0.05) is 25.3 Å². The Morgan fingerprint density at radius 3 is 2.14 bits per heavy atom. The van der Waals surface area contributed by atoms with E-state index < -0.39 is 0 Å². The lowest BCUT2D eigenvalue weighted by atomic mass is 9.77. The zero-order valence-electron chi connectivity index (χ0n) is 14.1. The average Bonchev–Trinajstić information content (AvgIpc) is 2.36. The predicted octanol–water partition coefficient (Wildman–Crippen LogP) is 4.19. The molecular weight excluding hydrogens is 256 g/mol. The van der Waals surface area contributed by atoms with Gasteiger partial charge in [0.1, 0.15) is 0 Å². The van der Waals surface area contributed by atoms with Crippen LogP contribution < -0.4 is 10.2 Å². The molecule has 2 aliphatic rings. The molecule has 2 heteroatoms. The van der Waals surface area contributed by atoms with E-state index in [2.05, 4.69) is 56.1 Å². The minimum atomic E-state index is 0.188. The molecule has 1 N–H and O–H groups in total. The van der Waals surface area contributed by atoms with Crippen molar-refractivity contribution in [1.29, 1.82) is 0 Å². The van der Waals surface area contributed by atoms with Crippen LogP contribution in [0.3, 0.4) is 0 Å². The quantitative estimate of drug-likeness (QED) is 0.832. The molecule has 1 aliphatic carbocycles. The second-order valence-electron chi connectivity index (χ2n) is 8.05. The van der Waals surface area contributed by atoms with Gasteiger partial charge in [-0.2, -0.15) is 0 Å². The molecule has 1 aliphatic heterocycles. The molecule has 0 aromatic heterocycles. The first-order valence-corrected chi connectivity index (χ1v) is 8.50. The van der Waals surface area contributed by atoms with E-state index in [0.29, 0.717) is 5.54 Å². The smallest absolute Gasteiger partial charge is 0.0372 e. The fourth-order valence-electron chi connectivity index (χ4n) is 4.52. The van der Waals surface area contributed by atoms with Crippen molar-refractivity contribution in [2.45, 2.75) is 70.9 Å². The summed E-state index contributed by atoms with van der Waals surface area (Å²) in [6.07, 6.45) is 6.83. The Hall–Kier alpha value is -1.02. The normalized spacial score (nSPS) is 24.3. The molecule has 1 spiro atoms. The zero-order valence-corrected chi connectivity index (χ0v) is 14.1. The number of piperazine rings is 1. The van der Waals surface area contributed by atoms with Crippen LogP contribution in [-0.2, 0) is 0 Å². The number of aryl methyl sites for hydroxylation is 2. The molecule has 21 heavy (non-hydrogen) atoms. The van der Waals surface area contributed by atoms with Crippen molar-refractivity contribution in [2.24, 2.45) is 0 Å². The van der Waals surface area contributed by atoms with E-state index in [9.17, 15) is 0 Å². The number of hydrogen-bond acceptors (Lipinski definition) is 2. The molecule has 2 fully saturated rings. The lowest BCUT2D eigenvalue weighted by Crippen LogP contribution is -2.69. The van der Waals surface area contributed by atoms with E-state index in [1.54, 1.807) is 0 Å². The van der Waals surface area contributed by atoms with Gasteiger partial charge >= 0.3 is 0 Å². The van der Waals surface area contributed by atoms with Crippen LogP contribution in [0.25, 0.3) is 0 Å². The maximum atomic E-state index is 4.00. The van der Waals surface area contributed by atoms with Crippen molar-refractivity contribution in [3.05, 3.63) is 29.3 Å². The molecule has 116 valence electrons. The first-order chi connectivity index (χ1) is 9.88. The van der Waals surface area contributed by atoms with Crippen LogP contribution in [0.2, 0.25) is 0 Å². The summed E-state index contributed by atoms with van der Waals surface area (Å²) in [5.74, 6) is 0. The van der Waals surface area contributed by atoms with Gasteiger partial charge in [0, 0.05) is 29.9 Å². The van der Waals surface area contributed by atoms with Crippen LogP contribution in [0.1, 0.15) is 57.1 Å². The van der Waals surface area contributed by atoms with Gasteiger partial charge < -0.3 is 10.2 Å². The van der Waals surface area contributed by atoms with Crippen LogP contribution in [0.15, 0.2) is 18.2 Å². The van der Waals surface area contributed by atoms with Gasteiger partial charge in [0.25, 0.3) is 0 Å². The molecule has 0 unspecified atom stereocenters. The zero-order chi connectivity index (χ0) is 15.1. The molecule has 2 nitrogen and oxygen atoms in total. The number of benzene rings is 1. The topological polar surface area (TPSA) is 15.3 Å². The second kappa shape index (κ2) is 5.31. The van der Waals surface area contributed by atoms with Crippen molar-refractivity contribution >= 4 is 5.69 Å². The van der Waals surface area contributed by atoms with Gasteiger partial charge in [0.2, 0.25) is 0 Å². The van der Waals surface area contributed by atoms with Crippen molar-refractivity contribution in [3.8, 4) is 0 Å². The summed E-state index contributed by atoms with van der Waals surface area (Å²) in [5, 5.41) is 4.00. The third kappa shape index (κ3) is 3.26. The van der Waals surface area contributed by atoms with E-state index in [4.69, 9.17) is 0 Å². The highest BCUT2D eigenvalue weighted by molar-refractivity contribution is 5.52. The number of anilines is 1. The van der Waals surface area contributed by atoms with Gasteiger partial charge in [-0.3, -0.25) is 0 Å². The maximum Gasteiger partial charge on any atom is 0.0372 e. The highest BCUT2D eigenvalue weighted by Crippen LogP contribution is 2.36. The Morgan fingerprint density at radius 1 is 0.905 bits per heavy atom. The van der Waals surface area contributed by atoms with Crippen molar-refractivity contribution in [2.75, 3.05) is 18.0 Å². The van der Waals surface area contributed by atoms with Crippen LogP contribution in [0, 0.1) is 13.8 Å². The molecule has 1 saturated heterocycles. The molecule has 0 bridgehead atoms. The minimum Gasteiger partial charge on any atom is -0.368 e. The fraction of sp³-hybridized carbons (Fsp3) is 0.684. The Balaban J connectivity index is 1.90. The standard InChI is InChI=1S/C19H30N2/c1-15-10-16(2)12-17(11-15)21-13-18(3,4)20-19(14-21)8-6-5-7-9-19/h10-12,20H,5-9,13-14H2,1-4H3. The summed E-state index contributed by atoms with van der Waals surface area (Å²) < 4.78 is 0. The van der Waals surface area contributed by atoms with E-state index in [0.717, 1.165) is 6.54 Å². The van der Waals surface area contributed by atoms with Crippen molar-refractivity contribution < 1.29 is 0 Å². The van der Waals surface area contributed by atoms with Gasteiger partial charge in [-0.05, 0) is 63.8 Å². The Morgan fingerprint density at radius 2 is 1.52 bits per heavy atom. The van der Waals surface area contributed by atoms with Gasteiger partial charge in [-0.15, -0.1) is 0 Å². The maximum absolute atomic E-state index is 4.00. The summed E-state index contributed by atoms with van der Waals surface area (Å²) in [7, 11) is 0. The molecule has 1 saturated carbocycles. The number of hydrogen-bond donors (Lipinski definition) is 1. The largest absolute Gasteiger partial charge is 0.368 e. The molecular formula is C19H30N2. The van der Waals surface area contributed by atoms with Crippen LogP contribution in [0.4, 0.5) is 5.69 Å². The lowest BCUT2D eigenvalue weighted by Gasteiger charge is -2.53. The van der Waals surface area contributed by atoms with E-state index in [1.165, 1.54) is 55.5 Å². The Bertz CT molecular complexity index is 492. The van der Waals surface area contributed by atoms with Crippen LogP contribution >= 0.6 is 0 Å². The van der Waals surface area contributed by atoms with E-state index in [1.807, 2.05) is 0 Å². The molecule has 0 amide bonds. The highest BCUT2D eigenvalue weighted by atomic mass is 15.3. The van der Waals surface area contributed by atoms with Crippen molar-refractivity contribution in [3.63, 3.8) is 0 Å². The molecule has 0 radical (unpaired) electrons. The highest BCUT2D eigenvalue weighted by Gasteiger charge is 2.43. The van der Waals surface area contributed by atoms with E-state index in [-0.39, 0.29) is 5.54 Å². The van der Waals surface area contributed by atoms with Crippen LogP contribution in [0.5, 0.6) is 0 Å². The Labute approximate surface area is 129 Å². The first-order valence-electron chi connectivity index (χ1n) is 8.50. The van der Waals surface area contributed by atoms with Crippen molar-refractivity contribution in [1.82, 2.24) is 5.32 Å². The Kier molecular flexibility index (Phi) is 3.77. The van der Waals surface area contributed by atoms with Gasteiger partial charge in [-0.25, -0.2) is 0 Å². The van der Waals surface area contributed by atoms with Gasteiger partial charge in [0.05, 0.1) is 0 Å². The monoisotopic (exact) mass is 286 g/mol. The third-order valence-electron chi connectivity index (χ3n) is 5.07. The van der Waals surface area contributed by atoms with E-state index >= 15 is 0 Å². The van der Waals surface area contributed by atoms with Crippen LogP contribution in [-0.4, -0.2) is 24.2 Å². The molecule has 1 aromatic rings. The minimum absolute atomic E-state index is 0.188. The second-order valence-corrected chi connectivity index (χ2v) is 8.05. The summed E-state index contributed by atoms with van der Waals surface area (Å²) in [6, 6.07) is 6.98. The average molecular weight is 286 g/mol. The predicted molar refractivity (Wildman–Crippen MR) is 91.2 cm³/mol. The summed E-state index contributed by atoms with van der Waals surface area (Å²) in [6.45, 7) is 11.4.